The van der Waals surface area contributed by atoms with Crippen molar-refractivity contribution >= 4 is 34.3 Å². The Morgan fingerprint density at radius 3 is 2.57 bits per heavy atom. The summed E-state index contributed by atoms with van der Waals surface area (Å²) in [7, 11) is 1.32. The lowest BCUT2D eigenvalue weighted by Gasteiger charge is -2.10. The van der Waals surface area contributed by atoms with Gasteiger partial charge in [-0.25, -0.2) is 4.79 Å². The molecule has 3 rings (SSSR count). The average Bonchev–Trinajstić information content (AvgIpc) is 2.71. The van der Waals surface area contributed by atoms with Gasteiger partial charge in [-0.1, -0.05) is 0 Å². The number of non-ortho nitro benzene ring substituents is 1. The Morgan fingerprint density at radius 2 is 1.86 bits per heavy atom. The van der Waals surface area contributed by atoms with Crippen LogP contribution in [0.4, 0.5) is 11.4 Å². The summed E-state index contributed by atoms with van der Waals surface area (Å²) in [6.45, 7) is -0.544. The summed E-state index contributed by atoms with van der Waals surface area (Å²) >= 11 is 0. The number of anilines is 1. The number of carbonyl (C=O) groups is 2. The SMILES string of the molecule is COc1cc([N+](=O)[O-])ccc1NC(=O)COC(=O)c1ccc2nccnc2c1. The Morgan fingerprint density at radius 1 is 1.11 bits per heavy atom. The molecule has 2 aromatic carbocycles. The third-order valence-electron chi connectivity index (χ3n) is 3.71. The zero-order valence-corrected chi connectivity index (χ0v) is 14.6. The van der Waals surface area contributed by atoms with Crippen LogP contribution in [0.5, 0.6) is 5.75 Å². The lowest BCUT2D eigenvalue weighted by atomic mass is 10.2. The maximum absolute atomic E-state index is 12.1. The van der Waals surface area contributed by atoms with E-state index in [4.69, 9.17) is 9.47 Å². The van der Waals surface area contributed by atoms with Gasteiger partial charge in [-0.05, 0) is 24.3 Å². The molecule has 3 aromatic rings. The van der Waals surface area contributed by atoms with Crippen molar-refractivity contribution in [2.75, 3.05) is 19.0 Å². The molecule has 1 amide bonds. The van der Waals surface area contributed by atoms with E-state index in [-0.39, 0.29) is 22.7 Å². The first-order valence-corrected chi connectivity index (χ1v) is 7.98. The van der Waals surface area contributed by atoms with Crippen molar-refractivity contribution in [2.45, 2.75) is 0 Å². The molecule has 0 aliphatic rings. The fraction of sp³-hybridized carbons (Fsp3) is 0.111. The summed E-state index contributed by atoms with van der Waals surface area (Å²) in [5.41, 5.74) is 1.42. The lowest BCUT2D eigenvalue weighted by Crippen LogP contribution is -2.21. The highest BCUT2D eigenvalue weighted by atomic mass is 16.6. The van der Waals surface area contributed by atoms with Gasteiger partial charge in [0.15, 0.2) is 6.61 Å². The minimum absolute atomic E-state index is 0.113. The van der Waals surface area contributed by atoms with Gasteiger partial charge in [-0.3, -0.25) is 24.9 Å². The Labute approximate surface area is 158 Å². The number of aromatic nitrogens is 2. The highest BCUT2D eigenvalue weighted by molar-refractivity contribution is 5.97. The summed E-state index contributed by atoms with van der Waals surface area (Å²) in [5, 5.41) is 13.3. The fourth-order valence-electron chi connectivity index (χ4n) is 2.39. The molecular formula is C18H14N4O6. The van der Waals surface area contributed by atoms with Crippen LogP contribution in [-0.2, 0) is 9.53 Å². The molecule has 0 aliphatic carbocycles. The maximum atomic E-state index is 12.1. The van der Waals surface area contributed by atoms with Crippen molar-refractivity contribution in [1.82, 2.24) is 9.97 Å². The van der Waals surface area contributed by atoms with Crippen LogP contribution in [0.2, 0.25) is 0 Å². The Bertz CT molecular complexity index is 1070. The molecule has 1 N–H and O–H groups in total. The van der Waals surface area contributed by atoms with Gasteiger partial charge in [0.2, 0.25) is 0 Å². The molecule has 1 aromatic heterocycles. The topological polar surface area (TPSA) is 134 Å². The fourth-order valence-corrected chi connectivity index (χ4v) is 2.39. The first-order valence-electron chi connectivity index (χ1n) is 7.98. The second-order valence-electron chi connectivity index (χ2n) is 5.53. The molecule has 0 bridgehead atoms. The molecule has 1 heterocycles. The largest absolute Gasteiger partial charge is 0.494 e. The van der Waals surface area contributed by atoms with Gasteiger partial charge in [-0.15, -0.1) is 0 Å². The van der Waals surface area contributed by atoms with Gasteiger partial charge in [0.1, 0.15) is 5.75 Å². The van der Waals surface area contributed by atoms with Crippen molar-refractivity contribution in [2.24, 2.45) is 0 Å². The zero-order valence-electron chi connectivity index (χ0n) is 14.6. The van der Waals surface area contributed by atoms with Crippen molar-refractivity contribution in [3.05, 3.63) is 64.5 Å². The van der Waals surface area contributed by atoms with Gasteiger partial charge < -0.3 is 14.8 Å². The number of nitrogens with zero attached hydrogens (tertiary/aromatic N) is 3. The molecule has 0 unspecified atom stereocenters. The van der Waals surface area contributed by atoms with Crippen LogP contribution >= 0.6 is 0 Å². The van der Waals surface area contributed by atoms with E-state index in [0.29, 0.717) is 11.0 Å². The zero-order chi connectivity index (χ0) is 20.1. The summed E-state index contributed by atoms with van der Waals surface area (Å²) in [6.07, 6.45) is 3.04. The van der Waals surface area contributed by atoms with Crippen LogP contribution in [0.25, 0.3) is 11.0 Å². The van der Waals surface area contributed by atoms with Crippen molar-refractivity contribution in [1.29, 1.82) is 0 Å². The molecule has 28 heavy (non-hydrogen) atoms. The highest BCUT2D eigenvalue weighted by Gasteiger charge is 2.15. The molecular weight excluding hydrogens is 368 g/mol. The van der Waals surface area contributed by atoms with E-state index < -0.39 is 23.4 Å². The number of fused-ring (bicyclic) bond motifs is 1. The van der Waals surface area contributed by atoms with Gasteiger partial charge in [-0.2, -0.15) is 0 Å². The molecule has 0 saturated heterocycles. The molecule has 0 saturated carbocycles. The normalized spacial score (nSPS) is 10.3. The molecule has 10 nitrogen and oxygen atoms in total. The summed E-state index contributed by atoms with van der Waals surface area (Å²) in [5.74, 6) is -1.21. The quantitative estimate of drug-likeness (QED) is 0.390. The minimum Gasteiger partial charge on any atom is -0.494 e. The summed E-state index contributed by atoms with van der Waals surface area (Å²) in [4.78, 5) is 42.6. The predicted octanol–water partition coefficient (Wildman–Crippen LogP) is 2.34. The molecule has 0 spiro atoms. The number of amides is 1. The number of rotatable bonds is 6. The summed E-state index contributed by atoms with van der Waals surface area (Å²) in [6, 6.07) is 8.40. The van der Waals surface area contributed by atoms with Crippen LogP contribution in [0, 0.1) is 10.1 Å². The van der Waals surface area contributed by atoms with Gasteiger partial charge in [0, 0.05) is 18.5 Å². The smallest absolute Gasteiger partial charge is 0.338 e. The van der Waals surface area contributed by atoms with Crippen molar-refractivity contribution < 1.29 is 24.0 Å². The van der Waals surface area contributed by atoms with Crippen LogP contribution in [0.15, 0.2) is 48.8 Å². The number of benzene rings is 2. The molecule has 0 atom stereocenters. The number of esters is 1. The van der Waals surface area contributed by atoms with Crippen molar-refractivity contribution in [3.8, 4) is 5.75 Å². The number of nitro benzene ring substituents is 1. The van der Waals surface area contributed by atoms with Crippen LogP contribution in [-0.4, -0.2) is 40.5 Å². The number of carbonyl (C=O) groups excluding carboxylic acids is 2. The standard InChI is InChI=1S/C18H14N4O6/c1-27-16-9-12(22(25)26)3-5-14(16)21-17(23)10-28-18(24)11-2-4-13-15(8-11)20-7-6-19-13/h2-9H,10H2,1H3,(H,21,23). The number of nitrogens with one attached hydrogen (secondary N) is 1. The van der Waals surface area contributed by atoms with Crippen LogP contribution in [0.3, 0.4) is 0 Å². The Kier molecular flexibility index (Phi) is 5.40. The van der Waals surface area contributed by atoms with Gasteiger partial charge >= 0.3 is 5.97 Å². The second kappa shape index (κ2) is 8.08. The van der Waals surface area contributed by atoms with Gasteiger partial charge in [0.25, 0.3) is 11.6 Å². The number of methoxy groups -OCH3 is 1. The van der Waals surface area contributed by atoms with E-state index in [1.807, 2.05) is 0 Å². The van der Waals surface area contributed by atoms with Gasteiger partial charge in [0.05, 0.1) is 40.4 Å². The third kappa shape index (κ3) is 4.18. The molecule has 0 fully saturated rings. The third-order valence-corrected chi connectivity index (χ3v) is 3.71. The van der Waals surface area contributed by atoms with E-state index in [0.717, 1.165) is 0 Å². The molecule has 0 radical (unpaired) electrons. The Balaban J connectivity index is 1.63. The number of ether oxygens (including phenoxy) is 2. The molecule has 142 valence electrons. The first kappa shape index (κ1) is 18.7. The monoisotopic (exact) mass is 382 g/mol. The van der Waals surface area contributed by atoms with E-state index in [1.165, 1.54) is 49.8 Å². The predicted molar refractivity (Wildman–Crippen MR) is 98.1 cm³/mol. The van der Waals surface area contributed by atoms with Crippen molar-refractivity contribution in [3.63, 3.8) is 0 Å². The lowest BCUT2D eigenvalue weighted by molar-refractivity contribution is -0.384. The molecule has 10 heteroatoms. The second-order valence-corrected chi connectivity index (χ2v) is 5.53. The van der Waals surface area contributed by atoms with E-state index in [9.17, 15) is 19.7 Å². The van der Waals surface area contributed by atoms with Crippen LogP contribution < -0.4 is 10.1 Å². The Hall–Kier alpha value is -4.08. The minimum atomic E-state index is -0.696. The van der Waals surface area contributed by atoms with E-state index >= 15 is 0 Å². The number of nitro groups is 1. The van der Waals surface area contributed by atoms with E-state index in [1.54, 1.807) is 6.07 Å². The highest BCUT2D eigenvalue weighted by Crippen LogP contribution is 2.28. The number of hydrogen-bond acceptors (Lipinski definition) is 8. The maximum Gasteiger partial charge on any atom is 0.338 e. The first-order chi connectivity index (χ1) is 13.5. The van der Waals surface area contributed by atoms with E-state index in [2.05, 4.69) is 15.3 Å². The number of hydrogen-bond donors (Lipinski definition) is 1. The molecule has 0 aliphatic heterocycles. The summed E-state index contributed by atoms with van der Waals surface area (Å²) < 4.78 is 10.0. The van der Waals surface area contributed by atoms with Crippen LogP contribution in [0.1, 0.15) is 10.4 Å². The average molecular weight is 382 g/mol.